The van der Waals surface area contributed by atoms with Crippen molar-refractivity contribution in [2.75, 3.05) is 26.2 Å². The molecule has 0 spiro atoms. The van der Waals surface area contributed by atoms with E-state index in [0.717, 1.165) is 24.0 Å². The summed E-state index contributed by atoms with van der Waals surface area (Å²) in [6.07, 6.45) is 4.54. The largest absolute Gasteiger partial charge is 0.487 e. The molecule has 2 aromatic rings. The van der Waals surface area contributed by atoms with Gasteiger partial charge in [0.1, 0.15) is 12.4 Å². The summed E-state index contributed by atoms with van der Waals surface area (Å²) in [4.78, 5) is 9.55. The number of piperazine rings is 1. The quantitative estimate of drug-likeness (QED) is 0.846. The minimum absolute atomic E-state index is 0.519. The van der Waals surface area contributed by atoms with Crippen LogP contribution >= 0.6 is 0 Å². The topological polar surface area (TPSA) is 28.6 Å². The molecule has 2 aliphatic heterocycles. The predicted molar refractivity (Wildman–Crippen MR) is 94.9 cm³/mol. The lowest BCUT2D eigenvalue weighted by molar-refractivity contribution is 0.0993. The third-order valence-corrected chi connectivity index (χ3v) is 5.09. The summed E-state index contributed by atoms with van der Waals surface area (Å²) in [5.41, 5.74) is 2.29. The SMILES string of the molecule is c1ccc(COc2cccc(CN3CCN4CCCC4C3)c2)nc1. The molecule has 2 aliphatic rings. The van der Waals surface area contributed by atoms with Crippen molar-refractivity contribution in [3.63, 3.8) is 0 Å². The van der Waals surface area contributed by atoms with Gasteiger partial charge in [0.05, 0.1) is 5.69 Å². The zero-order valence-electron chi connectivity index (χ0n) is 14.1. The Morgan fingerprint density at radius 3 is 3.00 bits per heavy atom. The molecule has 2 saturated heterocycles. The Bertz CT molecular complexity index is 661. The maximum atomic E-state index is 5.90. The molecule has 1 aromatic heterocycles. The number of rotatable bonds is 5. The molecule has 4 heteroatoms. The second kappa shape index (κ2) is 7.32. The molecule has 0 saturated carbocycles. The van der Waals surface area contributed by atoms with Gasteiger partial charge in [-0.15, -0.1) is 0 Å². The van der Waals surface area contributed by atoms with Gasteiger partial charge in [-0.2, -0.15) is 0 Å². The van der Waals surface area contributed by atoms with E-state index in [4.69, 9.17) is 4.74 Å². The average Bonchev–Trinajstić information content (AvgIpc) is 3.09. The van der Waals surface area contributed by atoms with Crippen LogP contribution in [0.25, 0.3) is 0 Å². The number of aromatic nitrogens is 1. The molecule has 0 N–H and O–H groups in total. The van der Waals surface area contributed by atoms with Gasteiger partial charge in [0.25, 0.3) is 0 Å². The molecule has 1 aromatic carbocycles. The molecule has 24 heavy (non-hydrogen) atoms. The lowest BCUT2D eigenvalue weighted by Gasteiger charge is -2.37. The van der Waals surface area contributed by atoms with Gasteiger partial charge in [0.2, 0.25) is 0 Å². The summed E-state index contributed by atoms with van der Waals surface area (Å²) < 4.78 is 5.90. The fourth-order valence-electron chi connectivity index (χ4n) is 3.83. The van der Waals surface area contributed by atoms with E-state index in [-0.39, 0.29) is 0 Å². The Kier molecular flexibility index (Phi) is 4.76. The van der Waals surface area contributed by atoms with Crippen LogP contribution < -0.4 is 4.74 Å². The maximum Gasteiger partial charge on any atom is 0.130 e. The fraction of sp³-hybridized carbons (Fsp3) is 0.450. The van der Waals surface area contributed by atoms with E-state index in [1.165, 1.54) is 44.6 Å². The Hall–Kier alpha value is -1.91. The number of hydrogen-bond donors (Lipinski definition) is 0. The highest BCUT2D eigenvalue weighted by molar-refractivity contribution is 5.28. The minimum Gasteiger partial charge on any atom is -0.487 e. The number of benzene rings is 1. The lowest BCUT2D eigenvalue weighted by atomic mass is 10.1. The number of nitrogens with zero attached hydrogens (tertiary/aromatic N) is 3. The maximum absolute atomic E-state index is 5.90. The third-order valence-electron chi connectivity index (χ3n) is 5.09. The van der Waals surface area contributed by atoms with Gasteiger partial charge < -0.3 is 4.74 Å². The Morgan fingerprint density at radius 1 is 1.08 bits per heavy atom. The van der Waals surface area contributed by atoms with E-state index >= 15 is 0 Å². The summed E-state index contributed by atoms with van der Waals surface area (Å²) in [7, 11) is 0. The van der Waals surface area contributed by atoms with Crippen molar-refractivity contribution in [3.8, 4) is 5.75 Å². The molecule has 126 valence electrons. The molecule has 4 rings (SSSR count). The molecule has 1 unspecified atom stereocenters. The smallest absolute Gasteiger partial charge is 0.130 e. The summed E-state index contributed by atoms with van der Waals surface area (Å²) in [6.45, 7) is 6.45. The van der Waals surface area contributed by atoms with Crippen LogP contribution in [0.3, 0.4) is 0 Å². The molecule has 0 bridgehead atoms. The van der Waals surface area contributed by atoms with Gasteiger partial charge in [-0.1, -0.05) is 18.2 Å². The Labute approximate surface area is 144 Å². The monoisotopic (exact) mass is 323 g/mol. The first-order chi connectivity index (χ1) is 11.9. The van der Waals surface area contributed by atoms with Crippen LogP contribution in [0.15, 0.2) is 48.7 Å². The summed E-state index contributed by atoms with van der Waals surface area (Å²) >= 11 is 0. The first-order valence-electron chi connectivity index (χ1n) is 8.95. The second-order valence-electron chi connectivity index (χ2n) is 6.82. The third kappa shape index (κ3) is 3.77. The van der Waals surface area contributed by atoms with Crippen molar-refractivity contribution < 1.29 is 4.74 Å². The minimum atomic E-state index is 0.519. The van der Waals surface area contributed by atoms with Crippen molar-refractivity contribution in [2.24, 2.45) is 0 Å². The van der Waals surface area contributed by atoms with Crippen molar-refractivity contribution >= 4 is 0 Å². The molecular formula is C20H25N3O. The molecule has 3 heterocycles. The molecular weight excluding hydrogens is 298 g/mol. The van der Waals surface area contributed by atoms with E-state index in [2.05, 4.69) is 33.0 Å². The molecule has 0 amide bonds. The van der Waals surface area contributed by atoms with Crippen LogP contribution in [0.5, 0.6) is 5.75 Å². The van der Waals surface area contributed by atoms with Crippen molar-refractivity contribution in [1.82, 2.24) is 14.8 Å². The van der Waals surface area contributed by atoms with Gasteiger partial charge in [-0.25, -0.2) is 0 Å². The van der Waals surface area contributed by atoms with Crippen LogP contribution in [0, 0.1) is 0 Å². The highest BCUT2D eigenvalue weighted by Gasteiger charge is 2.30. The summed E-state index contributed by atoms with van der Waals surface area (Å²) in [6, 6.07) is 15.2. The van der Waals surface area contributed by atoms with Crippen LogP contribution in [0.2, 0.25) is 0 Å². The first-order valence-corrected chi connectivity index (χ1v) is 8.95. The lowest BCUT2D eigenvalue weighted by Crippen LogP contribution is -2.49. The van der Waals surface area contributed by atoms with Gasteiger partial charge >= 0.3 is 0 Å². The zero-order chi connectivity index (χ0) is 16.2. The van der Waals surface area contributed by atoms with Crippen LogP contribution in [-0.4, -0.2) is 47.0 Å². The standard InChI is InChI=1S/C20H25N3O/c1-2-9-21-18(6-1)16-24-20-8-3-5-17(13-20)14-22-11-12-23-10-4-7-19(23)15-22/h1-3,5-6,8-9,13,19H,4,7,10-12,14-16H2. The van der Waals surface area contributed by atoms with Crippen molar-refractivity contribution in [1.29, 1.82) is 0 Å². The number of fused-ring (bicyclic) bond motifs is 1. The second-order valence-corrected chi connectivity index (χ2v) is 6.82. The van der Waals surface area contributed by atoms with E-state index in [1.54, 1.807) is 6.20 Å². The summed E-state index contributed by atoms with van der Waals surface area (Å²) in [5, 5.41) is 0. The van der Waals surface area contributed by atoms with Gasteiger partial charge in [-0.3, -0.25) is 14.8 Å². The highest BCUT2D eigenvalue weighted by Crippen LogP contribution is 2.23. The summed E-state index contributed by atoms with van der Waals surface area (Å²) in [5.74, 6) is 0.928. The molecule has 4 nitrogen and oxygen atoms in total. The van der Waals surface area contributed by atoms with E-state index in [1.807, 2.05) is 24.3 Å². The molecule has 1 atom stereocenters. The zero-order valence-corrected chi connectivity index (χ0v) is 14.1. The fourth-order valence-corrected chi connectivity index (χ4v) is 3.83. The van der Waals surface area contributed by atoms with Crippen LogP contribution in [0.1, 0.15) is 24.1 Å². The normalized spacial score (nSPS) is 21.6. The molecule has 0 aliphatic carbocycles. The average molecular weight is 323 g/mol. The Morgan fingerprint density at radius 2 is 2.08 bits per heavy atom. The molecule has 2 fully saturated rings. The number of ether oxygens (including phenoxy) is 1. The highest BCUT2D eigenvalue weighted by atomic mass is 16.5. The van der Waals surface area contributed by atoms with E-state index in [9.17, 15) is 0 Å². The van der Waals surface area contributed by atoms with Crippen molar-refractivity contribution in [3.05, 3.63) is 59.9 Å². The first kappa shape index (κ1) is 15.6. The van der Waals surface area contributed by atoms with Gasteiger partial charge in [0.15, 0.2) is 0 Å². The Balaban J connectivity index is 1.34. The van der Waals surface area contributed by atoms with Gasteiger partial charge in [-0.05, 0) is 49.2 Å². The number of pyridine rings is 1. The van der Waals surface area contributed by atoms with Crippen LogP contribution in [0.4, 0.5) is 0 Å². The van der Waals surface area contributed by atoms with Crippen LogP contribution in [-0.2, 0) is 13.2 Å². The van der Waals surface area contributed by atoms with Gasteiger partial charge in [0, 0.05) is 38.4 Å². The number of hydrogen-bond acceptors (Lipinski definition) is 4. The van der Waals surface area contributed by atoms with E-state index < -0.39 is 0 Å². The molecule has 0 radical (unpaired) electrons. The van der Waals surface area contributed by atoms with Crippen molar-refractivity contribution in [2.45, 2.75) is 32.0 Å². The predicted octanol–water partition coefficient (Wildman–Crippen LogP) is 2.94. The van der Waals surface area contributed by atoms with E-state index in [0.29, 0.717) is 6.61 Å².